The fraction of sp³-hybridized carbons (Fsp3) is 0.400. The maximum Gasteiger partial charge on any atom is 0.267 e. The number of aromatic amines is 1. The number of nitrogens with one attached hydrogen (secondary N) is 2. The molecule has 4 rings (SSSR count). The Morgan fingerprint density at radius 3 is 2.65 bits per heavy atom. The van der Waals surface area contributed by atoms with Gasteiger partial charge in [-0.1, -0.05) is 36.8 Å². The summed E-state index contributed by atoms with van der Waals surface area (Å²) in [5.41, 5.74) is 2.75. The summed E-state index contributed by atoms with van der Waals surface area (Å²) in [4.78, 5) is 18.5. The van der Waals surface area contributed by atoms with Gasteiger partial charge >= 0.3 is 0 Å². The Bertz CT molecular complexity index is 975. The standard InChI is InChI=1S/C25H31N3O3/c1-30-23-13-20-12-22(27-21(20)14-24(23)31-2)25(29)26-15-19-10-6-7-11-28(17-19)16-18-8-4-3-5-9-18/h3-5,8-9,12-14,19,27H,6-7,10-11,15-17H2,1-2H3,(H,26,29). The lowest BCUT2D eigenvalue weighted by atomic mass is 10.0. The zero-order chi connectivity index (χ0) is 21.6. The number of H-pyrrole nitrogens is 1. The van der Waals surface area contributed by atoms with Gasteiger partial charge in [-0.25, -0.2) is 0 Å². The third-order valence-corrected chi connectivity index (χ3v) is 6.02. The van der Waals surface area contributed by atoms with Gasteiger partial charge in [-0.3, -0.25) is 9.69 Å². The van der Waals surface area contributed by atoms with E-state index in [1.807, 2.05) is 18.2 Å². The number of benzene rings is 2. The Morgan fingerprint density at radius 1 is 1.10 bits per heavy atom. The maximum atomic E-state index is 12.8. The first-order chi connectivity index (χ1) is 15.2. The first-order valence-corrected chi connectivity index (χ1v) is 11.0. The monoisotopic (exact) mass is 421 g/mol. The molecule has 1 aromatic heterocycles. The van der Waals surface area contributed by atoms with Crippen LogP contribution in [-0.2, 0) is 6.54 Å². The molecule has 2 N–H and O–H groups in total. The second kappa shape index (κ2) is 9.88. The van der Waals surface area contributed by atoms with Crippen LogP contribution in [0.2, 0.25) is 0 Å². The number of fused-ring (bicyclic) bond motifs is 1. The normalized spacial score (nSPS) is 17.3. The van der Waals surface area contributed by atoms with Crippen molar-refractivity contribution in [2.45, 2.75) is 25.8 Å². The minimum Gasteiger partial charge on any atom is -0.493 e. The van der Waals surface area contributed by atoms with E-state index in [9.17, 15) is 4.79 Å². The van der Waals surface area contributed by atoms with Gasteiger partial charge in [0.15, 0.2) is 11.5 Å². The Labute approximate surface area is 183 Å². The van der Waals surface area contributed by atoms with E-state index in [-0.39, 0.29) is 5.91 Å². The van der Waals surface area contributed by atoms with Gasteiger partial charge in [0.1, 0.15) is 5.69 Å². The molecular weight excluding hydrogens is 390 g/mol. The highest BCUT2D eigenvalue weighted by atomic mass is 16.5. The van der Waals surface area contributed by atoms with Crippen molar-refractivity contribution in [3.63, 3.8) is 0 Å². The minimum atomic E-state index is -0.0759. The maximum absolute atomic E-state index is 12.8. The summed E-state index contributed by atoms with van der Waals surface area (Å²) in [6.45, 7) is 3.78. The summed E-state index contributed by atoms with van der Waals surface area (Å²) in [5, 5.41) is 4.06. The molecule has 0 saturated carbocycles. The minimum absolute atomic E-state index is 0.0759. The molecule has 0 radical (unpaired) electrons. The highest BCUT2D eigenvalue weighted by molar-refractivity contribution is 5.98. The fourth-order valence-electron chi connectivity index (χ4n) is 4.38. The van der Waals surface area contributed by atoms with Crippen molar-refractivity contribution >= 4 is 16.8 Å². The molecule has 31 heavy (non-hydrogen) atoms. The quantitative estimate of drug-likeness (QED) is 0.600. The Morgan fingerprint density at radius 2 is 1.87 bits per heavy atom. The van der Waals surface area contributed by atoms with Gasteiger partial charge < -0.3 is 19.8 Å². The van der Waals surface area contributed by atoms with Crippen LogP contribution in [0.25, 0.3) is 10.9 Å². The summed E-state index contributed by atoms with van der Waals surface area (Å²) in [6.07, 6.45) is 3.56. The number of aromatic nitrogens is 1. The molecule has 1 saturated heterocycles. The highest BCUT2D eigenvalue weighted by Gasteiger charge is 2.20. The van der Waals surface area contributed by atoms with Gasteiger partial charge in [0.2, 0.25) is 0 Å². The van der Waals surface area contributed by atoms with E-state index in [4.69, 9.17) is 9.47 Å². The topological polar surface area (TPSA) is 66.6 Å². The van der Waals surface area contributed by atoms with Crippen molar-refractivity contribution in [3.05, 3.63) is 59.8 Å². The average Bonchev–Trinajstić information content (AvgIpc) is 3.09. The van der Waals surface area contributed by atoms with E-state index in [1.54, 1.807) is 14.2 Å². The zero-order valence-corrected chi connectivity index (χ0v) is 18.3. The summed E-state index contributed by atoms with van der Waals surface area (Å²) in [6, 6.07) is 16.2. The summed E-state index contributed by atoms with van der Waals surface area (Å²) < 4.78 is 10.7. The number of hydrogen-bond donors (Lipinski definition) is 2. The first kappa shape index (κ1) is 21.2. The molecule has 1 unspecified atom stereocenters. The number of rotatable bonds is 7. The second-order valence-electron chi connectivity index (χ2n) is 8.27. The molecule has 1 fully saturated rings. The van der Waals surface area contributed by atoms with E-state index in [0.29, 0.717) is 29.7 Å². The fourth-order valence-corrected chi connectivity index (χ4v) is 4.38. The van der Waals surface area contributed by atoms with Crippen LogP contribution in [-0.4, -0.2) is 49.6 Å². The van der Waals surface area contributed by atoms with Crippen LogP contribution in [0.5, 0.6) is 11.5 Å². The number of likely N-dealkylation sites (tertiary alicyclic amines) is 1. The first-order valence-electron chi connectivity index (χ1n) is 11.0. The summed E-state index contributed by atoms with van der Waals surface area (Å²) >= 11 is 0. The van der Waals surface area contributed by atoms with E-state index < -0.39 is 0 Å². The smallest absolute Gasteiger partial charge is 0.267 e. The number of hydrogen-bond acceptors (Lipinski definition) is 4. The largest absolute Gasteiger partial charge is 0.493 e. The zero-order valence-electron chi connectivity index (χ0n) is 18.3. The molecule has 2 aromatic carbocycles. The molecule has 1 atom stereocenters. The lowest BCUT2D eigenvalue weighted by Gasteiger charge is -2.24. The van der Waals surface area contributed by atoms with E-state index in [1.165, 1.54) is 18.4 Å². The predicted molar refractivity (Wildman–Crippen MR) is 123 cm³/mol. The van der Waals surface area contributed by atoms with Crippen molar-refractivity contribution in [2.75, 3.05) is 33.9 Å². The lowest BCUT2D eigenvalue weighted by Crippen LogP contribution is -2.35. The van der Waals surface area contributed by atoms with Gasteiger partial charge in [-0.05, 0) is 43.0 Å². The number of nitrogens with zero attached hydrogens (tertiary/aromatic N) is 1. The van der Waals surface area contributed by atoms with Gasteiger partial charge in [0, 0.05) is 36.6 Å². The molecule has 164 valence electrons. The van der Waals surface area contributed by atoms with Crippen LogP contribution >= 0.6 is 0 Å². The van der Waals surface area contributed by atoms with E-state index >= 15 is 0 Å². The van der Waals surface area contributed by atoms with Crippen LogP contribution in [0.15, 0.2) is 48.5 Å². The van der Waals surface area contributed by atoms with E-state index in [0.717, 1.165) is 37.0 Å². The van der Waals surface area contributed by atoms with Crippen LogP contribution in [0.3, 0.4) is 0 Å². The molecule has 3 aromatic rings. The summed E-state index contributed by atoms with van der Waals surface area (Å²) in [5.74, 6) is 1.67. The van der Waals surface area contributed by atoms with Crippen molar-refractivity contribution in [1.29, 1.82) is 0 Å². The molecule has 2 heterocycles. The Hall–Kier alpha value is -2.99. The highest BCUT2D eigenvalue weighted by Crippen LogP contribution is 2.32. The number of carbonyl (C=O) groups excluding carboxylic acids is 1. The van der Waals surface area contributed by atoms with Crippen LogP contribution in [0.4, 0.5) is 0 Å². The van der Waals surface area contributed by atoms with Gasteiger partial charge in [-0.15, -0.1) is 0 Å². The Balaban J connectivity index is 1.38. The van der Waals surface area contributed by atoms with Gasteiger partial charge in [-0.2, -0.15) is 0 Å². The van der Waals surface area contributed by atoms with Crippen molar-refractivity contribution in [1.82, 2.24) is 15.2 Å². The van der Waals surface area contributed by atoms with Crippen molar-refractivity contribution < 1.29 is 14.3 Å². The SMILES string of the molecule is COc1cc2cc(C(=O)NCC3CCCCN(Cc4ccccc4)C3)[nH]c2cc1OC. The van der Waals surface area contributed by atoms with Crippen LogP contribution in [0, 0.1) is 5.92 Å². The lowest BCUT2D eigenvalue weighted by molar-refractivity contribution is 0.0938. The molecule has 0 spiro atoms. The molecule has 6 nitrogen and oxygen atoms in total. The third kappa shape index (κ3) is 5.20. The van der Waals surface area contributed by atoms with Crippen LogP contribution < -0.4 is 14.8 Å². The van der Waals surface area contributed by atoms with Crippen molar-refractivity contribution in [2.24, 2.45) is 5.92 Å². The molecule has 6 heteroatoms. The number of ether oxygens (including phenoxy) is 2. The van der Waals surface area contributed by atoms with Crippen LogP contribution in [0.1, 0.15) is 35.3 Å². The molecular formula is C25H31N3O3. The Kier molecular flexibility index (Phi) is 6.77. The predicted octanol–water partition coefficient (Wildman–Crippen LogP) is 4.22. The van der Waals surface area contributed by atoms with Crippen molar-refractivity contribution in [3.8, 4) is 11.5 Å². The molecule has 1 amide bonds. The average molecular weight is 422 g/mol. The van der Waals surface area contributed by atoms with Gasteiger partial charge in [0.25, 0.3) is 5.91 Å². The second-order valence-corrected chi connectivity index (χ2v) is 8.27. The molecule has 0 aliphatic carbocycles. The number of amides is 1. The number of methoxy groups -OCH3 is 2. The molecule has 0 bridgehead atoms. The molecule has 1 aliphatic rings. The number of carbonyl (C=O) groups is 1. The van der Waals surface area contributed by atoms with Gasteiger partial charge in [0.05, 0.1) is 14.2 Å². The molecule has 1 aliphatic heterocycles. The summed E-state index contributed by atoms with van der Waals surface area (Å²) in [7, 11) is 3.21. The third-order valence-electron chi connectivity index (χ3n) is 6.02. The van der Waals surface area contributed by atoms with E-state index in [2.05, 4.69) is 45.5 Å².